The Labute approximate surface area is 64.0 Å². The Morgan fingerprint density at radius 2 is 1.50 bits per heavy atom. The second-order valence-electron chi connectivity index (χ2n) is 5.03. The fourth-order valence-corrected chi connectivity index (χ4v) is 2.99. The van der Waals surface area contributed by atoms with Crippen LogP contribution in [0.4, 0.5) is 0 Å². The molecule has 0 heterocycles. The van der Waals surface area contributed by atoms with Crippen LogP contribution in [-0.2, 0) is 0 Å². The van der Waals surface area contributed by atoms with Crippen LogP contribution in [0.15, 0.2) is 0 Å². The molecule has 3 saturated carbocycles. The molecular weight excluding hydrogens is 120 g/mol. The Hall–Kier alpha value is 0. The van der Waals surface area contributed by atoms with Gasteiger partial charge in [-0.3, -0.25) is 0 Å². The van der Waals surface area contributed by atoms with Crippen LogP contribution in [0, 0.1) is 23.2 Å². The summed E-state index contributed by atoms with van der Waals surface area (Å²) in [5.41, 5.74) is 0.715. The highest BCUT2D eigenvalue weighted by atomic mass is 14.6. The molecule has 0 spiro atoms. The highest BCUT2D eigenvalue weighted by Gasteiger charge is 2.51. The average Bonchev–Trinajstić information content (AvgIpc) is 1.87. The monoisotopic (exact) mass is 138 g/mol. The van der Waals surface area contributed by atoms with Crippen molar-refractivity contribution in [3.05, 3.63) is 0 Å². The van der Waals surface area contributed by atoms with Crippen molar-refractivity contribution >= 4 is 0 Å². The van der Waals surface area contributed by atoms with E-state index in [1.807, 2.05) is 0 Å². The maximum Gasteiger partial charge on any atom is -0.0297 e. The molecule has 0 heteroatoms. The first-order valence-electron chi connectivity index (χ1n) is 4.60. The molecule has 58 valence electrons. The van der Waals surface area contributed by atoms with E-state index < -0.39 is 0 Å². The van der Waals surface area contributed by atoms with E-state index in [4.69, 9.17) is 0 Å². The molecule has 0 aliphatic heterocycles. The zero-order valence-corrected chi connectivity index (χ0v) is 7.35. The maximum absolute atomic E-state index is 2.46. The van der Waals surface area contributed by atoms with Crippen molar-refractivity contribution in [1.82, 2.24) is 0 Å². The molecule has 1 unspecified atom stereocenters. The molecule has 0 aromatic rings. The highest BCUT2D eigenvalue weighted by Crippen LogP contribution is 2.60. The molecule has 3 fully saturated rings. The third kappa shape index (κ3) is 0.681. The Morgan fingerprint density at radius 1 is 1.00 bits per heavy atom. The van der Waals surface area contributed by atoms with Crippen LogP contribution in [0.25, 0.3) is 0 Å². The van der Waals surface area contributed by atoms with Gasteiger partial charge in [-0.05, 0) is 42.4 Å². The van der Waals surface area contributed by atoms with Crippen molar-refractivity contribution in [2.45, 2.75) is 40.0 Å². The van der Waals surface area contributed by atoms with Gasteiger partial charge in [-0.15, -0.1) is 0 Å². The lowest BCUT2D eigenvalue weighted by Gasteiger charge is -2.58. The quantitative estimate of drug-likeness (QED) is 0.482. The predicted octanol–water partition coefficient (Wildman–Crippen LogP) is 3.08. The van der Waals surface area contributed by atoms with Gasteiger partial charge in [-0.25, -0.2) is 0 Å². The van der Waals surface area contributed by atoms with Crippen molar-refractivity contribution in [3.8, 4) is 0 Å². The first-order valence-corrected chi connectivity index (χ1v) is 4.60. The fourth-order valence-electron chi connectivity index (χ4n) is 2.99. The van der Waals surface area contributed by atoms with Crippen molar-refractivity contribution in [3.63, 3.8) is 0 Å². The summed E-state index contributed by atoms with van der Waals surface area (Å²) in [5, 5.41) is 0. The maximum atomic E-state index is 2.46. The second-order valence-corrected chi connectivity index (χ2v) is 5.03. The molecule has 3 aliphatic rings. The van der Waals surface area contributed by atoms with Gasteiger partial charge in [-0.2, -0.15) is 0 Å². The normalized spacial score (nSPS) is 50.1. The first-order chi connectivity index (χ1) is 4.60. The standard InChI is InChI=1S/C10H18/c1-7-4-8-6-9(5-7)10(8,2)3/h7-9H,4-6H2,1-3H3/t7?,8-,9+. The summed E-state index contributed by atoms with van der Waals surface area (Å²) in [6, 6.07) is 0. The van der Waals surface area contributed by atoms with E-state index >= 15 is 0 Å². The van der Waals surface area contributed by atoms with E-state index in [2.05, 4.69) is 20.8 Å². The largest absolute Gasteiger partial charge is 0.0625 e. The van der Waals surface area contributed by atoms with Crippen molar-refractivity contribution in [2.24, 2.45) is 23.2 Å². The van der Waals surface area contributed by atoms with Crippen LogP contribution in [0.1, 0.15) is 40.0 Å². The molecule has 3 aliphatic carbocycles. The summed E-state index contributed by atoms with van der Waals surface area (Å²) >= 11 is 0. The number of fused-ring (bicyclic) bond motifs is 2. The summed E-state index contributed by atoms with van der Waals surface area (Å²) < 4.78 is 0. The molecule has 0 aromatic carbocycles. The molecule has 2 bridgehead atoms. The SMILES string of the molecule is CC1C[C@@H]2C[C@H](C1)C2(C)C. The van der Waals surface area contributed by atoms with Gasteiger partial charge in [0.1, 0.15) is 0 Å². The van der Waals surface area contributed by atoms with Gasteiger partial charge in [0.2, 0.25) is 0 Å². The molecule has 3 atom stereocenters. The minimum Gasteiger partial charge on any atom is -0.0625 e. The third-order valence-corrected chi connectivity index (χ3v) is 4.05. The Balaban J connectivity index is 2.10. The molecule has 10 heavy (non-hydrogen) atoms. The van der Waals surface area contributed by atoms with Gasteiger partial charge < -0.3 is 0 Å². The van der Waals surface area contributed by atoms with Crippen LogP contribution in [0.3, 0.4) is 0 Å². The van der Waals surface area contributed by atoms with E-state index in [1.165, 1.54) is 19.3 Å². The topological polar surface area (TPSA) is 0 Å². The van der Waals surface area contributed by atoms with Crippen LogP contribution >= 0.6 is 0 Å². The van der Waals surface area contributed by atoms with Crippen LogP contribution in [-0.4, -0.2) is 0 Å². The summed E-state index contributed by atoms with van der Waals surface area (Å²) in [4.78, 5) is 0. The number of hydrogen-bond acceptors (Lipinski definition) is 0. The van der Waals surface area contributed by atoms with Gasteiger partial charge in [0.15, 0.2) is 0 Å². The molecule has 0 saturated heterocycles. The molecular formula is C10H18. The minimum absolute atomic E-state index is 0.715. The molecule has 0 radical (unpaired) electrons. The average molecular weight is 138 g/mol. The highest BCUT2D eigenvalue weighted by molar-refractivity contribution is 5.01. The van der Waals surface area contributed by atoms with E-state index in [9.17, 15) is 0 Å². The van der Waals surface area contributed by atoms with Crippen LogP contribution in [0.2, 0.25) is 0 Å². The van der Waals surface area contributed by atoms with Gasteiger partial charge in [0, 0.05) is 0 Å². The van der Waals surface area contributed by atoms with E-state index in [1.54, 1.807) is 0 Å². The van der Waals surface area contributed by atoms with E-state index in [0.29, 0.717) is 5.41 Å². The van der Waals surface area contributed by atoms with Gasteiger partial charge >= 0.3 is 0 Å². The first kappa shape index (κ1) is 6.69. The summed E-state index contributed by atoms with van der Waals surface area (Å²) in [6.07, 6.45) is 4.55. The molecule has 0 aromatic heterocycles. The summed E-state index contributed by atoms with van der Waals surface area (Å²) in [7, 11) is 0. The lowest BCUT2D eigenvalue weighted by atomic mass is 9.47. The zero-order valence-electron chi connectivity index (χ0n) is 7.35. The lowest BCUT2D eigenvalue weighted by molar-refractivity contribution is -0.0860. The predicted molar refractivity (Wildman–Crippen MR) is 43.8 cm³/mol. The summed E-state index contributed by atoms with van der Waals surface area (Å²) in [5.74, 6) is 3.17. The van der Waals surface area contributed by atoms with Gasteiger partial charge in [-0.1, -0.05) is 20.8 Å². The van der Waals surface area contributed by atoms with Crippen LogP contribution < -0.4 is 0 Å². The lowest BCUT2D eigenvalue weighted by Crippen LogP contribution is -2.50. The Morgan fingerprint density at radius 3 is 1.80 bits per heavy atom. The van der Waals surface area contributed by atoms with Crippen LogP contribution in [0.5, 0.6) is 0 Å². The second kappa shape index (κ2) is 1.78. The fraction of sp³-hybridized carbons (Fsp3) is 1.00. The van der Waals surface area contributed by atoms with Gasteiger partial charge in [0.05, 0.1) is 0 Å². The van der Waals surface area contributed by atoms with Crippen molar-refractivity contribution in [2.75, 3.05) is 0 Å². The van der Waals surface area contributed by atoms with Crippen molar-refractivity contribution in [1.29, 1.82) is 0 Å². The minimum atomic E-state index is 0.715. The number of rotatable bonds is 0. The third-order valence-electron chi connectivity index (χ3n) is 4.05. The Bertz CT molecular complexity index is 132. The van der Waals surface area contributed by atoms with E-state index in [0.717, 1.165) is 17.8 Å². The van der Waals surface area contributed by atoms with Crippen molar-refractivity contribution < 1.29 is 0 Å². The van der Waals surface area contributed by atoms with E-state index in [-0.39, 0.29) is 0 Å². The smallest absolute Gasteiger partial charge is 0.0297 e. The van der Waals surface area contributed by atoms with Gasteiger partial charge in [0.25, 0.3) is 0 Å². The molecule has 0 amide bonds. The molecule has 3 rings (SSSR count). The Kier molecular flexibility index (Phi) is 1.19. The molecule has 0 N–H and O–H groups in total. The number of hydrogen-bond donors (Lipinski definition) is 0. The summed E-state index contributed by atoms with van der Waals surface area (Å²) in [6.45, 7) is 7.32. The molecule has 0 nitrogen and oxygen atoms in total. The zero-order chi connectivity index (χ0) is 7.35.